The molecule has 1 aliphatic carbocycles. The van der Waals surface area contributed by atoms with E-state index in [9.17, 15) is 0 Å². The molecule has 0 bridgehead atoms. The van der Waals surface area contributed by atoms with Crippen molar-refractivity contribution < 1.29 is 5.11 Å². The number of rotatable bonds is 2. The fourth-order valence-electron chi connectivity index (χ4n) is 0.852. The predicted molar refractivity (Wildman–Crippen MR) is 38.2 cm³/mol. The Morgan fingerprint density at radius 3 is 2.27 bits per heavy atom. The van der Waals surface area contributed by atoms with Gasteiger partial charge < -0.3 is 5.11 Å². The lowest BCUT2D eigenvalue weighted by Gasteiger charge is -1.94. The molecule has 11 heavy (non-hydrogen) atoms. The predicted octanol–water partition coefficient (Wildman–Crippen LogP) is 1.65. The second-order valence-corrected chi connectivity index (χ2v) is 2.69. The summed E-state index contributed by atoms with van der Waals surface area (Å²) >= 11 is 0. The molecular weight excluding hydrogens is 140 g/mol. The van der Waals surface area contributed by atoms with Crippen LogP contribution in [0.4, 0.5) is 0 Å². The van der Waals surface area contributed by atoms with Gasteiger partial charge in [0, 0.05) is 6.42 Å². The zero-order valence-electron chi connectivity index (χ0n) is 6.04. The third-order valence-electron chi connectivity index (χ3n) is 1.69. The first kappa shape index (κ1) is 7.63. The summed E-state index contributed by atoms with van der Waals surface area (Å²) in [6.45, 7) is 0. The van der Waals surface area contributed by atoms with Crippen LogP contribution in [0.25, 0.3) is 0 Å². The lowest BCUT2D eigenvalue weighted by Crippen LogP contribution is -1.88. The summed E-state index contributed by atoms with van der Waals surface area (Å²) in [5.74, 6) is 0.462. The smallest absolute Gasteiger partial charge is 0.166 e. The topological polar surface area (TPSA) is 67.8 Å². The second kappa shape index (κ2) is 3.07. The van der Waals surface area contributed by atoms with Crippen molar-refractivity contribution in [1.29, 1.82) is 10.5 Å². The van der Waals surface area contributed by atoms with Gasteiger partial charge in [0.25, 0.3) is 0 Å². The molecule has 0 heterocycles. The number of nitrogens with zero attached hydrogens (tertiary/aromatic N) is 2. The fourth-order valence-corrected chi connectivity index (χ4v) is 0.852. The van der Waals surface area contributed by atoms with Gasteiger partial charge in [-0.15, -0.1) is 0 Å². The zero-order valence-corrected chi connectivity index (χ0v) is 6.04. The van der Waals surface area contributed by atoms with E-state index in [2.05, 4.69) is 0 Å². The van der Waals surface area contributed by atoms with Gasteiger partial charge in [-0.2, -0.15) is 10.5 Å². The maximum atomic E-state index is 9.15. The van der Waals surface area contributed by atoms with Crippen LogP contribution in [0.3, 0.4) is 0 Å². The summed E-state index contributed by atoms with van der Waals surface area (Å²) in [6.07, 6.45) is 2.71. The van der Waals surface area contributed by atoms with Crippen LogP contribution < -0.4 is 0 Å². The number of aliphatic hydroxyl groups is 1. The van der Waals surface area contributed by atoms with Gasteiger partial charge in [0.1, 0.15) is 17.9 Å². The standard InChI is InChI=1S/C8H8N2O/c9-4-7(5-10)8(11)3-6-1-2-6/h6,11H,1-3H2. The molecule has 3 heteroatoms. The third-order valence-corrected chi connectivity index (χ3v) is 1.69. The highest BCUT2D eigenvalue weighted by atomic mass is 16.3. The van der Waals surface area contributed by atoms with Crippen LogP contribution in [-0.2, 0) is 0 Å². The Balaban J connectivity index is 2.61. The molecule has 1 saturated carbocycles. The monoisotopic (exact) mass is 148 g/mol. The Bertz CT molecular complexity index is 247. The highest BCUT2D eigenvalue weighted by Crippen LogP contribution is 2.34. The Morgan fingerprint density at radius 1 is 1.36 bits per heavy atom. The van der Waals surface area contributed by atoms with Gasteiger partial charge in [-0.05, 0) is 18.8 Å². The number of allylic oxidation sites excluding steroid dienone is 2. The second-order valence-electron chi connectivity index (χ2n) is 2.69. The number of hydrogen-bond acceptors (Lipinski definition) is 3. The molecule has 0 saturated heterocycles. The average molecular weight is 148 g/mol. The van der Waals surface area contributed by atoms with Gasteiger partial charge in [0.15, 0.2) is 5.57 Å². The lowest BCUT2D eigenvalue weighted by atomic mass is 10.2. The van der Waals surface area contributed by atoms with E-state index in [1.807, 2.05) is 0 Å². The molecule has 0 amide bonds. The minimum absolute atomic E-state index is 0.0440. The first-order valence-corrected chi connectivity index (χ1v) is 3.50. The number of nitriles is 2. The van der Waals surface area contributed by atoms with E-state index in [4.69, 9.17) is 15.6 Å². The quantitative estimate of drug-likeness (QED) is 0.478. The van der Waals surface area contributed by atoms with Crippen molar-refractivity contribution in [2.45, 2.75) is 19.3 Å². The van der Waals surface area contributed by atoms with Gasteiger partial charge in [0.05, 0.1) is 0 Å². The first-order chi connectivity index (χ1) is 5.27. The lowest BCUT2D eigenvalue weighted by molar-refractivity contribution is 0.377. The van der Waals surface area contributed by atoms with Gasteiger partial charge in [-0.1, -0.05) is 0 Å². The Labute approximate surface area is 65.2 Å². The molecule has 0 unspecified atom stereocenters. The molecule has 1 fully saturated rings. The Morgan fingerprint density at radius 2 is 1.91 bits per heavy atom. The summed E-state index contributed by atoms with van der Waals surface area (Å²) in [5.41, 5.74) is -0.142. The van der Waals surface area contributed by atoms with Crippen molar-refractivity contribution in [3.05, 3.63) is 11.3 Å². The van der Waals surface area contributed by atoms with Crippen LogP contribution >= 0.6 is 0 Å². The third kappa shape index (κ3) is 1.98. The van der Waals surface area contributed by atoms with Gasteiger partial charge in [-0.25, -0.2) is 0 Å². The molecule has 0 radical (unpaired) electrons. The number of hydrogen-bond donors (Lipinski definition) is 1. The molecule has 1 rings (SSSR count). The molecule has 0 aromatic rings. The van der Waals surface area contributed by atoms with Crippen LogP contribution in [-0.4, -0.2) is 5.11 Å². The summed E-state index contributed by atoms with van der Waals surface area (Å²) in [7, 11) is 0. The fraction of sp³-hybridized carbons (Fsp3) is 0.500. The van der Waals surface area contributed by atoms with Crippen molar-refractivity contribution in [1.82, 2.24) is 0 Å². The molecule has 0 spiro atoms. The molecule has 3 nitrogen and oxygen atoms in total. The largest absolute Gasteiger partial charge is 0.510 e. The van der Waals surface area contributed by atoms with E-state index in [0.717, 1.165) is 12.8 Å². The highest BCUT2D eigenvalue weighted by Gasteiger charge is 2.23. The maximum Gasteiger partial charge on any atom is 0.166 e. The van der Waals surface area contributed by atoms with Crippen LogP contribution in [0.5, 0.6) is 0 Å². The molecule has 0 atom stereocenters. The van der Waals surface area contributed by atoms with E-state index < -0.39 is 0 Å². The van der Waals surface area contributed by atoms with Crippen LogP contribution in [0.2, 0.25) is 0 Å². The molecule has 1 aliphatic rings. The summed E-state index contributed by atoms with van der Waals surface area (Å²) in [5, 5.41) is 25.8. The van der Waals surface area contributed by atoms with Crippen molar-refractivity contribution >= 4 is 0 Å². The SMILES string of the molecule is N#CC(C#N)=C(O)CC1CC1. The van der Waals surface area contributed by atoms with Gasteiger partial charge >= 0.3 is 0 Å². The molecule has 0 aromatic heterocycles. The zero-order chi connectivity index (χ0) is 8.27. The van der Waals surface area contributed by atoms with Crippen molar-refractivity contribution in [2.75, 3.05) is 0 Å². The summed E-state index contributed by atoms with van der Waals surface area (Å²) in [6, 6.07) is 3.31. The van der Waals surface area contributed by atoms with Gasteiger partial charge in [0.2, 0.25) is 0 Å². The summed E-state index contributed by atoms with van der Waals surface area (Å²) < 4.78 is 0. The highest BCUT2D eigenvalue weighted by molar-refractivity contribution is 5.37. The Hall–Kier alpha value is -1.48. The molecule has 0 aromatic carbocycles. The van der Waals surface area contributed by atoms with Gasteiger partial charge in [-0.3, -0.25) is 0 Å². The maximum absolute atomic E-state index is 9.15. The molecule has 0 aliphatic heterocycles. The van der Waals surface area contributed by atoms with Crippen molar-refractivity contribution in [3.8, 4) is 12.1 Å². The van der Waals surface area contributed by atoms with Crippen LogP contribution in [0.15, 0.2) is 11.3 Å². The molecule has 1 N–H and O–H groups in total. The Kier molecular flexibility index (Phi) is 2.13. The average Bonchev–Trinajstić information content (AvgIpc) is 2.74. The minimum atomic E-state index is -0.142. The van der Waals surface area contributed by atoms with E-state index in [1.165, 1.54) is 0 Å². The number of aliphatic hydroxyl groups excluding tert-OH is 1. The normalized spacial score (nSPS) is 14.7. The van der Waals surface area contributed by atoms with E-state index >= 15 is 0 Å². The van der Waals surface area contributed by atoms with Crippen LogP contribution in [0.1, 0.15) is 19.3 Å². The minimum Gasteiger partial charge on any atom is -0.510 e. The van der Waals surface area contributed by atoms with Crippen molar-refractivity contribution in [3.63, 3.8) is 0 Å². The first-order valence-electron chi connectivity index (χ1n) is 3.50. The molecular formula is C8H8N2O. The van der Waals surface area contributed by atoms with E-state index in [0.29, 0.717) is 12.3 Å². The van der Waals surface area contributed by atoms with E-state index in [1.54, 1.807) is 12.1 Å². The molecule has 56 valence electrons. The van der Waals surface area contributed by atoms with E-state index in [-0.39, 0.29) is 11.3 Å². The van der Waals surface area contributed by atoms with Crippen LogP contribution in [0, 0.1) is 28.6 Å². The van der Waals surface area contributed by atoms with Crippen molar-refractivity contribution in [2.24, 2.45) is 5.92 Å². The summed E-state index contributed by atoms with van der Waals surface area (Å²) in [4.78, 5) is 0.